The van der Waals surface area contributed by atoms with E-state index < -0.39 is 23.1 Å². The number of amides is 1. The molecule has 6 nitrogen and oxygen atoms in total. The van der Waals surface area contributed by atoms with Crippen LogP contribution in [0.2, 0.25) is 5.02 Å². The van der Waals surface area contributed by atoms with Crippen molar-refractivity contribution in [2.45, 2.75) is 54.8 Å². The number of nitrogens with zero attached hydrogens (tertiary/aromatic N) is 2. The summed E-state index contributed by atoms with van der Waals surface area (Å²) < 4.78 is 31.0. The van der Waals surface area contributed by atoms with Crippen LogP contribution in [0.25, 0.3) is 6.08 Å². The van der Waals surface area contributed by atoms with Gasteiger partial charge in [0.05, 0.1) is 27.8 Å². The van der Waals surface area contributed by atoms with Crippen molar-refractivity contribution < 1.29 is 23.8 Å². The van der Waals surface area contributed by atoms with Gasteiger partial charge in [-0.25, -0.2) is 13.1 Å². The molecule has 33 heavy (non-hydrogen) atoms. The highest BCUT2D eigenvalue weighted by atomic mass is 35.5. The molecular weight excluding hydrogens is 472 g/mol. The number of rotatable bonds is 5. The highest BCUT2D eigenvalue weighted by molar-refractivity contribution is 7.97. The lowest BCUT2D eigenvalue weighted by Gasteiger charge is -2.81. The lowest BCUT2D eigenvalue weighted by molar-refractivity contribution is -0.348. The predicted octanol–water partition coefficient (Wildman–Crippen LogP) is 4.06. The van der Waals surface area contributed by atoms with Gasteiger partial charge in [-0.15, -0.1) is 0 Å². The normalized spacial score (nSPS) is 31.5. The van der Waals surface area contributed by atoms with E-state index in [1.165, 1.54) is 18.0 Å². The van der Waals surface area contributed by atoms with Gasteiger partial charge in [0.2, 0.25) is 0 Å². The first-order valence-electron chi connectivity index (χ1n) is 11.0. The van der Waals surface area contributed by atoms with Crippen LogP contribution in [0.5, 0.6) is 0 Å². The first kappa shape index (κ1) is 21.6. The van der Waals surface area contributed by atoms with Crippen LogP contribution in [0, 0.1) is 17.0 Å². The zero-order chi connectivity index (χ0) is 23.1. The molecule has 1 spiro atoms. The van der Waals surface area contributed by atoms with Crippen LogP contribution in [0.1, 0.15) is 41.9 Å². The molecule has 3 N–H and O–H groups in total. The number of carbonyl (C=O) groups excluding carboxylic acids is 1. The molecule has 10 heteroatoms. The van der Waals surface area contributed by atoms with Crippen LogP contribution in [0.15, 0.2) is 29.2 Å². The van der Waals surface area contributed by atoms with Gasteiger partial charge in [0.1, 0.15) is 5.69 Å². The van der Waals surface area contributed by atoms with E-state index in [2.05, 4.69) is 9.62 Å². The van der Waals surface area contributed by atoms with Gasteiger partial charge in [0.25, 0.3) is 5.91 Å². The highest BCUT2D eigenvalue weighted by Crippen LogP contribution is 2.74. The predicted molar refractivity (Wildman–Crippen MR) is 121 cm³/mol. The van der Waals surface area contributed by atoms with Crippen LogP contribution < -0.4 is 5.32 Å². The summed E-state index contributed by atoms with van der Waals surface area (Å²) >= 11 is 8.26. The monoisotopic (exact) mass is 493 g/mol. The molecule has 4 atom stereocenters. The second-order valence-electron chi connectivity index (χ2n) is 9.26. The van der Waals surface area contributed by atoms with Crippen molar-refractivity contribution in [2.75, 3.05) is 11.9 Å². The van der Waals surface area contributed by atoms with Crippen LogP contribution in [-0.4, -0.2) is 49.3 Å². The van der Waals surface area contributed by atoms with Gasteiger partial charge in [-0.1, -0.05) is 17.7 Å². The number of aliphatic hydroxyl groups excluding tert-OH is 1. The number of fused-ring (bicyclic) bond motifs is 1. The highest BCUT2D eigenvalue weighted by Gasteiger charge is 2.81. The zero-order valence-electron chi connectivity index (χ0n) is 17.5. The quantitative estimate of drug-likeness (QED) is 0.548. The fourth-order valence-corrected chi connectivity index (χ4v) is 7.95. The third kappa shape index (κ3) is 2.74. The fraction of sp³-hybridized carbons (Fsp3) is 0.435. The van der Waals surface area contributed by atoms with Gasteiger partial charge in [0, 0.05) is 35.8 Å². The summed E-state index contributed by atoms with van der Waals surface area (Å²) in [5.74, 6) is -2.52. The topological polar surface area (TPSA) is 77.7 Å². The van der Waals surface area contributed by atoms with Gasteiger partial charge in [0.15, 0.2) is 11.6 Å². The number of aliphatic hydroxyl groups is 2. The Balaban J connectivity index is 1.30. The Kier molecular flexibility index (Phi) is 4.78. The number of nitrogens with one attached hydrogen (secondary N) is 1. The minimum Gasteiger partial charge on any atom is -0.393 e. The van der Waals surface area contributed by atoms with Crippen LogP contribution in [-0.2, 0) is 6.54 Å². The maximum Gasteiger partial charge on any atom is 0.273 e. The molecule has 2 aromatic rings. The smallest absolute Gasteiger partial charge is 0.273 e. The molecular formula is C23H22ClF2N3O3S. The SMILES string of the molecule is O=C(Nc1ccc(F)c(F)c1)c1c(Cl)c(SN2C3CCC34C2CC4(O)CO)c2n1CCC=C2. The van der Waals surface area contributed by atoms with Crippen molar-refractivity contribution in [1.29, 1.82) is 0 Å². The molecule has 174 valence electrons. The summed E-state index contributed by atoms with van der Waals surface area (Å²) in [6.45, 7) is 0.353. The molecule has 3 heterocycles. The molecule has 2 saturated carbocycles. The van der Waals surface area contributed by atoms with Gasteiger partial charge in [-0.05, 0) is 55.8 Å². The summed E-state index contributed by atoms with van der Waals surface area (Å²) in [5.41, 5.74) is 0.0241. The number of halogens is 3. The number of anilines is 1. The van der Waals surface area contributed by atoms with Crippen molar-refractivity contribution in [2.24, 2.45) is 5.41 Å². The van der Waals surface area contributed by atoms with E-state index in [0.717, 1.165) is 42.0 Å². The maximum absolute atomic E-state index is 13.6. The van der Waals surface area contributed by atoms with E-state index in [4.69, 9.17) is 11.6 Å². The van der Waals surface area contributed by atoms with Crippen molar-refractivity contribution in [3.63, 3.8) is 0 Å². The van der Waals surface area contributed by atoms with Crippen LogP contribution in [0.3, 0.4) is 0 Å². The van der Waals surface area contributed by atoms with Crippen molar-refractivity contribution in [3.05, 3.63) is 52.3 Å². The maximum atomic E-state index is 13.6. The average Bonchev–Trinajstić information content (AvgIpc) is 3.04. The first-order valence-corrected chi connectivity index (χ1v) is 12.1. The number of carbonyl (C=O) groups is 1. The lowest BCUT2D eigenvalue weighted by atomic mass is 9.37. The van der Waals surface area contributed by atoms with Crippen molar-refractivity contribution in [1.82, 2.24) is 8.87 Å². The van der Waals surface area contributed by atoms with Crippen LogP contribution >= 0.6 is 23.5 Å². The number of aromatic nitrogens is 1. The number of allylic oxidation sites excluding steroid dienone is 1. The number of hydrogen-bond donors (Lipinski definition) is 3. The zero-order valence-corrected chi connectivity index (χ0v) is 19.1. The van der Waals surface area contributed by atoms with E-state index in [-0.39, 0.29) is 35.5 Å². The minimum absolute atomic E-state index is 0.144. The summed E-state index contributed by atoms with van der Waals surface area (Å²) in [6, 6.07) is 3.53. The molecule has 0 bridgehead atoms. The number of piperidine rings is 2. The number of benzene rings is 1. The molecule has 1 aromatic heterocycles. The van der Waals surface area contributed by atoms with Crippen LogP contribution in [0.4, 0.5) is 14.5 Å². The van der Waals surface area contributed by atoms with E-state index in [1.54, 1.807) is 0 Å². The molecule has 3 fully saturated rings. The molecule has 1 saturated heterocycles. The summed E-state index contributed by atoms with van der Waals surface area (Å²) in [5, 5.41) is 23.4. The van der Waals surface area contributed by atoms with Crippen molar-refractivity contribution in [3.8, 4) is 0 Å². The molecule has 1 amide bonds. The fourth-order valence-electron chi connectivity index (χ4n) is 6.09. The Bertz CT molecular complexity index is 1210. The Labute approximate surface area is 198 Å². The Hall–Kier alpha value is -1.91. The Morgan fingerprint density at radius 1 is 1.30 bits per heavy atom. The molecule has 4 unspecified atom stereocenters. The third-order valence-corrected chi connectivity index (χ3v) is 9.67. The largest absolute Gasteiger partial charge is 0.393 e. The van der Waals surface area contributed by atoms with Gasteiger partial charge in [-0.2, -0.15) is 0 Å². The van der Waals surface area contributed by atoms with E-state index in [1.807, 2.05) is 16.7 Å². The van der Waals surface area contributed by atoms with E-state index in [0.29, 0.717) is 18.0 Å². The minimum atomic E-state index is -1.04. The number of hydrogen-bond acceptors (Lipinski definition) is 5. The summed E-state index contributed by atoms with van der Waals surface area (Å²) in [4.78, 5) is 13.9. The second-order valence-corrected chi connectivity index (χ2v) is 10.6. The first-order chi connectivity index (χ1) is 15.8. The van der Waals surface area contributed by atoms with Crippen molar-refractivity contribution >= 4 is 41.2 Å². The van der Waals surface area contributed by atoms with Gasteiger partial charge < -0.3 is 20.1 Å². The van der Waals surface area contributed by atoms with Gasteiger partial charge in [-0.3, -0.25) is 4.79 Å². The van der Waals surface area contributed by atoms with Gasteiger partial charge >= 0.3 is 0 Å². The average molecular weight is 494 g/mol. The van der Waals surface area contributed by atoms with E-state index in [9.17, 15) is 23.8 Å². The van der Waals surface area contributed by atoms with E-state index >= 15 is 0 Å². The molecule has 0 radical (unpaired) electrons. The molecule has 1 aromatic carbocycles. The Morgan fingerprint density at radius 2 is 2.12 bits per heavy atom. The summed E-state index contributed by atoms with van der Waals surface area (Å²) in [6.07, 6.45) is 7.09. The molecule has 6 rings (SSSR count). The molecule has 2 aliphatic heterocycles. The summed E-state index contributed by atoms with van der Waals surface area (Å²) in [7, 11) is 0. The molecule has 4 aliphatic rings. The lowest BCUT2D eigenvalue weighted by Crippen LogP contribution is -2.90. The Morgan fingerprint density at radius 3 is 2.79 bits per heavy atom. The second kappa shape index (κ2) is 7.29. The molecule has 2 aliphatic carbocycles. The standard InChI is InChI=1S/C23H22ClF2N3O3S/c24-18-19(21(31)27-12-4-5-13(25)14(26)9-12)28-8-2-1-3-15(28)20(18)33-29-16-6-7-23(16)17(29)10-22(23,32)11-30/h1,3-5,9,16-17,30,32H,2,6-8,10-11H2,(H,27,31). The third-order valence-electron chi connectivity index (χ3n) is 7.88.